The Kier molecular flexibility index (Phi) is 5.45. The van der Waals surface area contributed by atoms with Gasteiger partial charge < -0.3 is 14.7 Å². The number of likely N-dealkylation sites (N-methyl/N-ethyl adjacent to an activating group) is 1. The Hall–Kier alpha value is -2.55. The second kappa shape index (κ2) is 7.35. The average Bonchev–Trinajstić information content (AvgIpc) is 2.61. The lowest BCUT2D eigenvalue weighted by molar-refractivity contribution is -0.141. The van der Waals surface area contributed by atoms with Crippen molar-refractivity contribution in [3.05, 3.63) is 29.8 Å². The van der Waals surface area contributed by atoms with Gasteiger partial charge in [0, 0.05) is 7.05 Å². The zero-order valence-electron chi connectivity index (χ0n) is 14.0. The Morgan fingerprint density at radius 3 is 2.50 bits per heavy atom. The Balaban J connectivity index is 2.15. The molecule has 1 fully saturated rings. The summed E-state index contributed by atoms with van der Waals surface area (Å²) in [6.45, 7) is 1.57. The molecule has 0 spiro atoms. The van der Waals surface area contributed by atoms with Crippen molar-refractivity contribution >= 4 is 11.9 Å². The van der Waals surface area contributed by atoms with Crippen molar-refractivity contribution in [2.75, 3.05) is 7.05 Å². The smallest absolute Gasteiger partial charge is 0.339 e. The zero-order valence-corrected chi connectivity index (χ0v) is 14.0. The van der Waals surface area contributed by atoms with Crippen LogP contribution in [0.4, 0.5) is 0 Å². The maximum atomic E-state index is 12.7. The fourth-order valence-electron chi connectivity index (χ4n) is 3.13. The van der Waals surface area contributed by atoms with E-state index < -0.39 is 17.6 Å². The van der Waals surface area contributed by atoms with Gasteiger partial charge in [0.2, 0.25) is 0 Å². The highest BCUT2D eigenvalue weighted by atomic mass is 16.5. The summed E-state index contributed by atoms with van der Waals surface area (Å²) in [7, 11) is 1.62. The van der Waals surface area contributed by atoms with Crippen molar-refractivity contribution in [1.29, 1.82) is 5.26 Å². The van der Waals surface area contributed by atoms with E-state index in [-0.39, 0.29) is 17.2 Å². The Morgan fingerprint density at radius 1 is 1.29 bits per heavy atom. The van der Waals surface area contributed by atoms with Crippen molar-refractivity contribution in [3.63, 3.8) is 0 Å². The summed E-state index contributed by atoms with van der Waals surface area (Å²) in [6, 6.07) is 8.50. The Labute approximate surface area is 141 Å². The zero-order chi connectivity index (χ0) is 17.7. The quantitative estimate of drug-likeness (QED) is 0.896. The third kappa shape index (κ3) is 3.51. The van der Waals surface area contributed by atoms with Crippen molar-refractivity contribution in [3.8, 4) is 11.8 Å². The van der Waals surface area contributed by atoms with Crippen LogP contribution < -0.4 is 4.74 Å². The molecule has 1 aliphatic rings. The van der Waals surface area contributed by atoms with Crippen LogP contribution in [0.3, 0.4) is 0 Å². The number of hydrogen-bond donors (Lipinski definition) is 1. The average molecular weight is 330 g/mol. The highest BCUT2D eigenvalue weighted by molar-refractivity contribution is 5.91. The first-order chi connectivity index (χ1) is 11.4. The summed E-state index contributed by atoms with van der Waals surface area (Å²) in [5.41, 5.74) is -0.785. The number of hydrogen-bond acceptors (Lipinski definition) is 4. The van der Waals surface area contributed by atoms with E-state index in [1.807, 2.05) is 0 Å². The summed E-state index contributed by atoms with van der Waals surface area (Å²) in [6.07, 6.45) is 3.35. The molecule has 6 heteroatoms. The van der Waals surface area contributed by atoms with E-state index in [4.69, 9.17) is 4.74 Å². The lowest BCUT2D eigenvalue weighted by Crippen LogP contribution is -2.53. The minimum Gasteiger partial charge on any atom is -0.480 e. The fraction of sp³-hybridized carbons (Fsp3) is 0.500. The predicted molar refractivity (Wildman–Crippen MR) is 87.7 cm³/mol. The predicted octanol–water partition coefficient (Wildman–Crippen LogP) is 2.84. The topological polar surface area (TPSA) is 90.6 Å². The molecule has 2 rings (SSSR count). The van der Waals surface area contributed by atoms with Gasteiger partial charge in [0.1, 0.15) is 16.9 Å². The van der Waals surface area contributed by atoms with Gasteiger partial charge >= 0.3 is 5.97 Å². The molecule has 1 atom stereocenters. The van der Waals surface area contributed by atoms with Crippen LogP contribution in [-0.4, -0.2) is 40.6 Å². The maximum absolute atomic E-state index is 12.7. The first kappa shape index (κ1) is 17.8. The van der Waals surface area contributed by atoms with E-state index >= 15 is 0 Å². The van der Waals surface area contributed by atoms with E-state index in [1.165, 1.54) is 17.0 Å². The standard InChI is InChI=1S/C18H22N2O4/c1-13(24-15-9-5-4-8-14(15)17(22)23)16(21)20(2)18(12-19)10-6-3-7-11-18/h4-5,8-9,13H,3,6-7,10-11H2,1-2H3,(H,22,23)/t13-/m1/s1. The fourth-order valence-corrected chi connectivity index (χ4v) is 3.13. The molecule has 0 bridgehead atoms. The van der Waals surface area contributed by atoms with E-state index in [9.17, 15) is 20.0 Å². The van der Waals surface area contributed by atoms with Crippen LogP contribution in [0.2, 0.25) is 0 Å². The molecule has 1 N–H and O–H groups in total. The van der Waals surface area contributed by atoms with Crippen molar-refractivity contribution in [1.82, 2.24) is 4.90 Å². The van der Waals surface area contributed by atoms with Crippen LogP contribution in [0.25, 0.3) is 0 Å². The number of nitrogens with zero attached hydrogens (tertiary/aromatic N) is 2. The SMILES string of the molecule is C[C@@H](Oc1ccccc1C(=O)O)C(=O)N(C)C1(C#N)CCCCC1. The second-order valence-electron chi connectivity index (χ2n) is 6.16. The number of carbonyl (C=O) groups is 2. The number of para-hydroxylation sites is 1. The first-order valence-electron chi connectivity index (χ1n) is 8.09. The number of rotatable bonds is 5. The van der Waals surface area contributed by atoms with Crippen LogP contribution in [0.15, 0.2) is 24.3 Å². The molecule has 1 aromatic carbocycles. The molecule has 0 unspecified atom stereocenters. The molecular weight excluding hydrogens is 308 g/mol. The molecular formula is C18H22N2O4. The largest absolute Gasteiger partial charge is 0.480 e. The monoisotopic (exact) mass is 330 g/mol. The molecule has 1 aliphatic carbocycles. The highest BCUT2D eigenvalue weighted by Crippen LogP contribution is 2.33. The van der Waals surface area contributed by atoms with Gasteiger partial charge in [-0.15, -0.1) is 0 Å². The van der Waals surface area contributed by atoms with E-state index in [1.54, 1.807) is 26.1 Å². The number of carboxylic acid groups (broad SMARTS) is 1. The van der Waals surface area contributed by atoms with E-state index in [0.717, 1.165) is 19.3 Å². The normalized spacial score (nSPS) is 17.4. The van der Waals surface area contributed by atoms with Gasteiger partial charge in [-0.25, -0.2) is 4.79 Å². The minimum absolute atomic E-state index is 0.00691. The number of aromatic carboxylic acids is 1. The maximum Gasteiger partial charge on any atom is 0.339 e. The van der Waals surface area contributed by atoms with Gasteiger partial charge in [-0.3, -0.25) is 4.79 Å². The van der Waals surface area contributed by atoms with Crippen molar-refractivity contribution in [2.45, 2.75) is 50.7 Å². The molecule has 0 heterocycles. The van der Waals surface area contributed by atoms with E-state index in [2.05, 4.69) is 6.07 Å². The van der Waals surface area contributed by atoms with Crippen LogP contribution in [0.5, 0.6) is 5.75 Å². The van der Waals surface area contributed by atoms with Gasteiger partial charge in [-0.2, -0.15) is 5.26 Å². The van der Waals surface area contributed by atoms with Crippen molar-refractivity contribution in [2.24, 2.45) is 0 Å². The molecule has 0 aromatic heterocycles. The number of carboxylic acids is 1. The van der Waals surface area contributed by atoms with Gasteiger partial charge in [-0.1, -0.05) is 31.4 Å². The third-order valence-corrected chi connectivity index (χ3v) is 4.63. The van der Waals surface area contributed by atoms with Crippen LogP contribution in [0.1, 0.15) is 49.4 Å². The third-order valence-electron chi connectivity index (χ3n) is 4.63. The molecule has 1 saturated carbocycles. The summed E-state index contributed by atoms with van der Waals surface area (Å²) in [5, 5.41) is 18.8. The molecule has 24 heavy (non-hydrogen) atoms. The second-order valence-corrected chi connectivity index (χ2v) is 6.16. The van der Waals surface area contributed by atoms with Crippen molar-refractivity contribution < 1.29 is 19.4 Å². The summed E-state index contributed by atoms with van der Waals surface area (Å²) < 4.78 is 5.59. The van der Waals surface area contributed by atoms with Crippen LogP contribution >= 0.6 is 0 Å². The lowest BCUT2D eigenvalue weighted by atomic mass is 9.81. The summed E-state index contributed by atoms with van der Waals surface area (Å²) in [4.78, 5) is 25.4. The molecule has 0 saturated heterocycles. The molecule has 0 radical (unpaired) electrons. The first-order valence-corrected chi connectivity index (χ1v) is 8.09. The Morgan fingerprint density at radius 2 is 1.92 bits per heavy atom. The molecule has 128 valence electrons. The number of benzene rings is 1. The van der Waals surface area contributed by atoms with E-state index in [0.29, 0.717) is 12.8 Å². The van der Waals surface area contributed by atoms with Crippen LogP contribution in [-0.2, 0) is 4.79 Å². The molecule has 6 nitrogen and oxygen atoms in total. The van der Waals surface area contributed by atoms with Gasteiger partial charge in [0.05, 0.1) is 6.07 Å². The number of carbonyl (C=O) groups excluding carboxylic acids is 1. The summed E-state index contributed by atoms with van der Waals surface area (Å²) in [5.74, 6) is -1.29. The summed E-state index contributed by atoms with van der Waals surface area (Å²) >= 11 is 0. The van der Waals surface area contributed by atoms with Gasteiger partial charge in [-0.05, 0) is 31.9 Å². The Bertz CT molecular complexity index is 659. The number of ether oxygens (including phenoxy) is 1. The lowest BCUT2D eigenvalue weighted by Gasteiger charge is -2.40. The molecule has 1 amide bonds. The number of nitriles is 1. The number of amides is 1. The van der Waals surface area contributed by atoms with Crippen LogP contribution in [0, 0.1) is 11.3 Å². The molecule has 0 aliphatic heterocycles. The minimum atomic E-state index is -1.11. The van der Waals surface area contributed by atoms with Gasteiger partial charge in [0.15, 0.2) is 6.10 Å². The molecule has 1 aromatic rings. The highest BCUT2D eigenvalue weighted by Gasteiger charge is 2.40. The van der Waals surface area contributed by atoms with Gasteiger partial charge in [0.25, 0.3) is 5.91 Å².